The summed E-state index contributed by atoms with van der Waals surface area (Å²) >= 11 is 0. The predicted octanol–water partition coefficient (Wildman–Crippen LogP) is 4.28. The third-order valence-electron chi connectivity index (χ3n) is 2.50. The van der Waals surface area contributed by atoms with Crippen LogP contribution in [0.15, 0.2) is 6.20 Å². The van der Waals surface area contributed by atoms with Crippen LogP contribution in [0.4, 0.5) is 0 Å². The number of H-pyrrole nitrogens is 1. The second kappa shape index (κ2) is 7.99. The zero-order chi connectivity index (χ0) is 10.1. The molecule has 1 heterocycles. The first-order valence-electron chi connectivity index (χ1n) is 5.79. The van der Waals surface area contributed by atoms with Gasteiger partial charge in [-0.05, 0) is 12.8 Å². The van der Waals surface area contributed by atoms with Crippen LogP contribution in [-0.2, 0) is 6.42 Å². The lowest BCUT2D eigenvalue weighted by Crippen LogP contribution is -1.85. The number of hydrogen-bond donors (Lipinski definition) is 1. The third kappa shape index (κ3) is 5.39. The summed E-state index contributed by atoms with van der Waals surface area (Å²) in [5.41, 5.74) is 1.25. The fourth-order valence-corrected chi connectivity index (χ4v) is 2.16. The van der Waals surface area contributed by atoms with Crippen molar-refractivity contribution in [2.75, 3.05) is 0 Å². The quantitative estimate of drug-likeness (QED) is 0.640. The van der Waals surface area contributed by atoms with Crippen molar-refractivity contribution < 1.29 is 0 Å². The minimum absolute atomic E-state index is 1.01. The molecule has 0 unspecified atom stereocenters. The van der Waals surface area contributed by atoms with Crippen LogP contribution in [0, 0.1) is 0 Å². The molecule has 0 spiro atoms. The van der Waals surface area contributed by atoms with Gasteiger partial charge in [-0.2, -0.15) is 0 Å². The topological polar surface area (TPSA) is 28.7 Å². The van der Waals surface area contributed by atoms with Crippen LogP contribution in [0.1, 0.15) is 57.6 Å². The molecule has 14 heavy (non-hydrogen) atoms. The van der Waals surface area contributed by atoms with E-state index in [4.69, 9.17) is 0 Å². The molecule has 0 aliphatic carbocycles. The van der Waals surface area contributed by atoms with Crippen molar-refractivity contribution in [2.45, 2.75) is 58.3 Å². The average molecular weight is 212 g/mol. The van der Waals surface area contributed by atoms with Gasteiger partial charge in [0.2, 0.25) is 0 Å². The molecule has 80 valence electrons. The van der Waals surface area contributed by atoms with Gasteiger partial charge in [-0.15, -0.1) is 0 Å². The summed E-state index contributed by atoms with van der Waals surface area (Å²) in [6.45, 7) is 2.26. The van der Waals surface area contributed by atoms with Gasteiger partial charge in [0.05, 0.1) is 5.69 Å². The molecule has 2 nitrogen and oxygen atoms in total. The number of unbranched alkanes of at least 4 members (excludes halogenated alkanes) is 6. The first-order valence-corrected chi connectivity index (χ1v) is 6.63. The highest BCUT2D eigenvalue weighted by molar-refractivity contribution is 7.20. The normalized spacial score (nSPS) is 11.2. The summed E-state index contributed by atoms with van der Waals surface area (Å²) in [5.74, 6) is 0. The molecule has 0 saturated carbocycles. The fourth-order valence-electron chi connectivity index (χ4n) is 1.61. The van der Waals surface area contributed by atoms with Crippen molar-refractivity contribution in [1.82, 2.24) is 9.49 Å². The summed E-state index contributed by atoms with van der Waals surface area (Å²) in [6.07, 6.45) is 12.9. The van der Waals surface area contributed by atoms with Gasteiger partial charge in [0, 0.05) is 6.20 Å². The Morgan fingerprint density at radius 3 is 2.50 bits per heavy atom. The van der Waals surface area contributed by atoms with Crippen molar-refractivity contribution in [1.29, 1.82) is 0 Å². The predicted molar refractivity (Wildman–Crippen MR) is 62.8 cm³/mol. The van der Waals surface area contributed by atoms with Crippen molar-refractivity contribution in [2.24, 2.45) is 0 Å². The van der Waals surface area contributed by atoms with E-state index in [1.807, 2.05) is 6.20 Å². The molecule has 0 aliphatic rings. The van der Waals surface area contributed by atoms with E-state index in [0.29, 0.717) is 0 Å². The SMILES string of the molecule is CCCCCCCCCc1c[nH]pn1. The molecule has 3 heteroatoms. The highest BCUT2D eigenvalue weighted by atomic mass is 31.1. The molecule has 0 atom stereocenters. The molecular weight excluding hydrogens is 191 g/mol. The molecular formula is C11H21N2P. The van der Waals surface area contributed by atoms with Gasteiger partial charge < -0.3 is 4.75 Å². The minimum Gasteiger partial charge on any atom is -0.328 e. The number of aryl methyl sites for hydroxylation is 1. The zero-order valence-corrected chi connectivity index (χ0v) is 10.0. The number of hydrogen-bond acceptors (Lipinski definition) is 1. The Morgan fingerprint density at radius 1 is 1.14 bits per heavy atom. The smallest absolute Gasteiger partial charge is 0.129 e. The highest BCUT2D eigenvalue weighted by Crippen LogP contribution is 2.10. The summed E-state index contributed by atoms with van der Waals surface area (Å²) in [5, 5.41) is 0. The summed E-state index contributed by atoms with van der Waals surface area (Å²) in [7, 11) is 1.01. The second-order valence-corrected chi connectivity index (χ2v) is 4.49. The number of nitrogens with zero attached hydrogens (tertiary/aromatic N) is 1. The van der Waals surface area contributed by atoms with Crippen molar-refractivity contribution in [3.05, 3.63) is 11.9 Å². The van der Waals surface area contributed by atoms with Crippen molar-refractivity contribution in [3.8, 4) is 0 Å². The molecule has 1 rings (SSSR count). The Kier molecular flexibility index (Phi) is 6.69. The van der Waals surface area contributed by atoms with Gasteiger partial charge in [0.15, 0.2) is 0 Å². The highest BCUT2D eigenvalue weighted by Gasteiger charge is 1.95. The molecule has 0 aromatic carbocycles. The Morgan fingerprint density at radius 2 is 1.86 bits per heavy atom. The van der Waals surface area contributed by atoms with Crippen LogP contribution in [0.3, 0.4) is 0 Å². The Hall–Kier alpha value is -0.360. The number of aromatic nitrogens is 2. The summed E-state index contributed by atoms with van der Waals surface area (Å²) in [4.78, 5) is 0. The lowest BCUT2D eigenvalue weighted by atomic mass is 10.1. The maximum Gasteiger partial charge on any atom is 0.129 e. The zero-order valence-electron chi connectivity index (χ0n) is 9.13. The van der Waals surface area contributed by atoms with Crippen molar-refractivity contribution >= 4 is 8.51 Å². The van der Waals surface area contributed by atoms with Gasteiger partial charge in [-0.1, -0.05) is 45.4 Å². The van der Waals surface area contributed by atoms with Gasteiger partial charge in [-0.25, -0.2) is 4.75 Å². The average Bonchev–Trinajstić information content (AvgIpc) is 2.69. The Labute approximate surface area is 88.8 Å². The number of aromatic amines is 1. The summed E-state index contributed by atoms with van der Waals surface area (Å²) < 4.78 is 7.39. The monoisotopic (exact) mass is 212 g/mol. The molecule has 0 amide bonds. The number of nitrogens with one attached hydrogen (secondary N) is 1. The molecule has 1 aromatic rings. The van der Waals surface area contributed by atoms with E-state index in [9.17, 15) is 0 Å². The first kappa shape index (κ1) is 11.7. The fraction of sp³-hybridized carbons (Fsp3) is 0.818. The molecule has 0 saturated heterocycles. The minimum atomic E-state index is 1.01. The maximum absolute atomic E-state index is 4.31. The van der Waals surface area contributed by atoms with Crippen LogP contribution in [0.25, 0.3) is 0 Å². The van der Waals surface area contributed by atoms with Crippen LogP contribution in [0.2, 0.25) is 0 Å². The van der Waals surface area contributed by atoms with E-state index >= 15 is 0 Å². The van der Waals surface area contributed by atoms with Gasteiger partial charge in [0.25, 0.3) is 0 Å². The van der Waals surface area contributed by atoms with Crippen LogP contribution in [0.5, 0.6) is 0 Å². The Balaban J connectivity index is 1.85. The van der Waals surface area contributed by atoms with E-state index in [-0.39, 0.29) is 0 Å². The molecule has 1 N–H and O–H groups in total. The van der Waals surface area contributed by atoms with E-state index in [2.05, 4.69) is 16.4 Å². The van der Waals surface area contributed by atoms with E-state index in [1.54, 1.807) is 0 Å². The molecule has 1 aromatic heterocycles. The molecule has 0 bridgehead atoms. The first-order chi connectivity index (χ1) is 6.93. The van der Waals surface area contributed by atoms with E-state index in [1.165, 1.54) is 50.6 Å². The second-order valence-electron chi connectivity index (χ2n) is 3.84. The number of rotatable bonds is 8. The lowest BCUT2D eigenvalue weighted by molar-refractivity contribution is 0.588. The van der Waals surface area contributed by atoms with Crippen LogP contribution in [-0.4, -0.2) is 9.49 Å². The molecule has 0 fully saturated rings. The Bertz CT molecular complexity index is 209. The molecule has 0 aliphatic heterocycles. The van der Waals surface area contributed by atoms with Crippen LogP contribution >= 0.6 is 8.51 Å². The van der Waals surface area contributed by atoms with E-state index in [0.717, 1.165) is 14.9 Å². The van der Waals surface area contributed by atoms with Crippen LogP contribution < -0.4 is 0 Å². The lowest BCUT2D eigenvalue weighted by Gasteiger charge is -1.99. The molecule has 0 radical (unpaired) electrons. The van der Waals surface area contributed by atoms with Gasteiger partial charge in [-0.3, -0.25) is 0 Å². The van der Waals surface area contributed by atoms with Gasteiger partial charge in [0.1, 0.15) is 8.51 Å². The largest absolute Gasteiger partial charge is 0.328 e. The van der Waals surface area contributed by atoms with Crippen molar-refractivity contribution in [3.63, 3.8) is 0 Å². The standard InChI is InChI=1S/C11H21N2P/c1-2-3-4-5-6-7-8-9-11-10-12-14-13-11/h10H,2-9H2,1H3,(H,12,13). The van der Waals surface area contributed by atoms with Gasteiger partial charge >= 0.3 is 0 Å². The third-order valence-corrected chi connectivity index (χ3v) is 3.11. The van der Waals surface area contributed by atoms with E-state index < -0.39 is 0 Å². The summed E-state index contributed by atoms with van der Waals surface area (Å²) in [6, 6.07) is 0. The maximum atomic E-state index is 4.31.